The monoisotopic (exact) mass is 230 g/mol. The zero-order chi connectivity index (χ0) is 12.3. The lowest BCUT2D eigenvalue weighted by atomic mass is 9.94. The summed E-state index contributed by atoms with van der Waals surface area (Å²) >= 11 is 0. The molecule has 1 N–H and O–H groups in total. The first-order chi connectivity index (χ1) is 8.19. The number of nitriles is 1. The number of piperidine rings is 1. The van der Waals surface area contributed by atoms with Gasteiger partial charge >= 0.3 is 0 Å². The first kappa shape index (κ1) is 11.9. The van der Waals surface area contributed by atoms with E-state index >= 15 is 0 Å². The van der Waals surface area contributed by atoms with Gasteiger partial charge in [-0.15, -0.1) is 0 Å². The molecule has 0 radical (unpaired) electrons. The predicted octanol–water partition coefficient (Wildman–Crippen LogP) is 1.71. The quantitative estimate of drug-likeness (QED) is 0.840. The minimum absolute atomic E-state index is 0.452. The van der Waals surface area contributed by atoms with Crippen molar-refractivity contribution in [3.8, 4) is 6.07 Å². The van der Waals surface area contributed by atoms with E-state index in [0.717, 1.165) is 25.3 Å². The Morgan fingerprint density at radius 1 is 1.59 bits per heavy atom. The normalized spacial score (nSPS) is 25.2. The van der Waals surface area contributed by atoms with Crippen molar-refractivity contribution in [1.29, 1.82) is 5.26 Å². The maximum absolute atomic E-state index is 8.84. The number of anilines is 1. The second-order valence-corrected chi connectivity index (χ2v) is 4.82. The molecule has 0 spiro atoms. The molecule has 1 aliphatic rings. The number of likely N-dealkylation sites (tertiary alicyclic amines) is 1. The van der Waals surface area contributed by atoms with E-state index in [4.69, 9.17) is 5.26 Å². The number of hydrogen-bond donors (Lipinski definition) is 1. The van der Waals surface area contributed by atoms with Gasteiger partial charge in [0.05, 0.1) is 11.6 Å². The van der Waals surface area contributed by atoms with E-state index in [1.807, 2.05) is 6.07 Å². The second kappa shape index (κ2) is 5.15. The Labute approximate surface area is 102 Å². The third-order valence-electron chi connectivity index (χ3n) is 3.33. The van der Waals surface area contributed by atoms with E-state index in [-0.39, 0.29) is 0 Å². The summed E-state index contributed by atoms with van der Waals surface area (Å²) in [4.78, 5) is 6.61. The van der Waals surface area contributed by atoms with Gasteiger partial charge in [0.1, 0.15) is 5.82 Å². The minimum Gasteiger partial charge on any atom is -0.367 e. The van der Waals surface area contributed by atoms with Crippen LogP contribution in [0.1, 0.15) is 18.9 Å². The van der Waals surface area contributed by atoms with Crippen molar-refractivity contribution in [3.05, 3.63) is 23.9 Å². The predicted molar refractivity (Wildman–Crippen MR) is 67.6 cm³/mol. The highest BCUT2D eigenvalue weighted by Gasteiger charge is 2.24. The minimum atomic E-state index is 0.452. The van der Waals surface area contributed by atoms with Crippen LogP contribution >= 0.6 is 0 Å². The fourth-order valence-electron chi connectivity index (χ4n) is 2.34. The fraction of sp³-hybridized carbons (Fsp3) is 0.538. The van der Waals surface area contributed by atoms with Crippen LogP contribution in [0.4, 0.5) is 5.82 Å². The first-order valence-electron chi connectivity index (χ1n) is 6.00. The average molecular weight is 230 g/mol. The van der Waals surface area contributed by atoms with Crippen LogP contribution in [-0.4, -0.2) is 36.1 Å². The van der Waals surface area contributed by atoms with Crippen LogP contribution in [0.25, 0.3) is 0 Å². The van der Waals surface area contributed by atoms with Crippen LogP contribution in [0.3, 0.4) is 0 Å². The molecule has 4 nitrogen and oxygen atoms in total. The SMILES string of the molecule is CC1CN(C)CCC1Nc1cc(C#N)ccn1. The van der Waals surface area contributed by atoms with Crippen LogP contribution in [0.2, 0.25) is 0 Å². The summed E-state index contributed by atoms with van der Waals surface area (Å²) in [6.07, 6.45) is 2.80. The summed E-state index contributed by atoms with van der Waals surface area (Å²) in [5, 5.41) is 12.3. The lowest BCUT2D eigenvalue weighted by Crippen LogP contribution is -2.43. The summed E-state index contributed by atoms with van der Waals surface area (Å²) in [5.74, 6) is 1.41. The fourth-order valence-corrected chi connectivity index (χ4v) is 2.34. The van der Waals surface area contributed by atoms with Crippen LogP contribution in [-0.2, 0) is 0 Å². The van der Waals surface area contributed by atoms with Crippen molar-refractivity contribution in [2.75, 3.05) is 25.5 Å². The van der Waals surface area contributed by atoms with Crippen molar-refractivity contribution in [2.45, 2.75) is 19.4 Å². The Bertz CT molecular complexity index is 424. The molecular weight excluding hydrogens is 212 g/mol. The second-order valence-electron chi connectivity index (χ2n) is 4.82. The topological polar surface area (TPSA) is 52.0 Å². The van der Waals surface area contributed by atoms with E-state index in [0.29, 0.717) is 17.5 Å². The number of rotatable bonds is 2. The lowest BCUT2D eigenvalue weighted by molar-refractivity contribution is 0.206. The summed E-state index contributed by atoms with van der Waals surface area (Å²) in [6.45, 7) is 4.47. The maximum Gasteiger partial charge on any atom is 0.127 e. The molecule has 0 amide bonds. The highest BCUT2D eigenvalue weighted by Crippen LogP contribution is 2.19. The molecule has 0 aliphatic carbocycles. The van der Waals surface area contributed by atoms with Gasteiger partial charge in [-0.2, -0.15) is 5.26 Å². The highest BCUT2D eigenvalue weighted by atomic mass is 15.1. The van der Waals surface area contributed by atoms with Crippen LogP contribution < -0.4 is 5.32 Å². The van der Waals surface area contributed by atoms with Crippen molar-refractivity contribution < 1.29 is 0 Å². The molecule has 0 aromatic carbocycles. The summed E-state index contributed by atoms with van der Waals surface area (Å²) in [5.41, 5.74) is 0.656. The number of nitrogens with zero attached hydrogens (tertiary/aromatic N) is 3. The molecule has 90 valence electrons. The molecule has 1 aliphatic heterocycles. The van der Waals surface area contributed by atoms with Crippen LogP contribution in [0, 0.1) is 17.2 Å². The smallest absolute Gasteiger partial charge is 0.127 e. The molecule has 2 unspecified atom stereocenters. The standard InChI is InChI=1S/C13H18N4/c1-10-9-17(2)6-4-12(10)16-13-7-11(8-14)3-5-15-13/h3,5,7,10,12H,4,6,9H2,1-2H3,(H,15,16). The molecule has 2 rings (SSSR count). The average Bonchev–Trinajstić information content (AvgIpc) is 2.33. The summed E-state index contributed by atoms with van der Waals surface area (Å²) in [7, 11) is 2.15. The lowest BCUT2D eigenvalue weighted by Gasteiger charge is -2.35. The van der Waals surface area contributed by atoms with Crippen molar-refractivity contribution in [3.63, 3.8) is 0 Å². The van der Waals surface area contributed by atoms with E-state index in [1.54, 1.807) is 12.3 Å². The number of hydrogen-bond acceptors (Lipinski definition) is 4. The van der Waals surface area contributed by atoms with Gasteiger partial charge in [0.25, 0.3) is 0 Å². The number of aromatic nitrogens is 1. The van der Waals surface area contributed by atoms with Gasteiger partial charge in [0.2, 0.25) is 0 Å². The van der Waals surface area contributed by atoms with Gasteiger partial charge in [0, 0.05) is 18.8 Å². The van der Waals surface area contributed by atoms with Gasteiger partial charge < -0.3 is 10.2 Å². The summed E-state index contributed by atoms with van der Waals surface area (Å²) in [6, 6.07) is 6.12. The molecule has 17 heavy (non-hydrogen) atoms. The zero-order valence-corrected chi connectivity index (χ0v) is 10.3. The molecular formula is C13H18N4. The highest BCUT2D eigenvalue weighted by molar-refractivity contribution is 5.43. The molecule has 0 bridgehead atoms. The molecule has 1 aromatic rings. The molecule has 1 fully saturated rings. The Morgan fingerprint density at radius 3 is 3.12 bits per heavy atom. The Balaban J connectivity index is 2.03. The van der Waals surface area contributed by atoms with Gasteiger partial charge in [-0.25, -0.2) is 4.98 Å². The van der Waals surface area contributed by atoms with Crippen molar-refractivity contribution in [2.24, 2.45) is 5.92 Å². The third kappa shape index (κ3) is 2.95. The third-order valence-corrected chi connectivity index (χ3v) is 3.33. The number of pyridine rings is 1. The molecule has 1 saturated heterocycles. The molecule has 4 heteroatoms. The molecule has 1 aromatic heterocycles. The van der Waals surface area contributed by atoms with Gasteiger partial charge in [0.15, 0.2) is 0 Å². The largest absolute Gasteiger partial charge is 0.367 e. The van der Waals surface area contributed by atoms with E-state index in [9.17, 15) is 0 Å². The van der Waals surface area contributed by atoms with Gasteiger partial charge in [-0.1, -0.05) is 6.92 Å². The van der Waals surface area contributed by atoms with E-state index < -0.39 is 0 Å². The van der Waals surface area contributed by atoms with Crippen LogP contribution in [0.5, 0.6) is 0 Å². The Morgan fingerprint density at radius 2 is 2.41 bits per heavy atom. The van der Waals surface area contributed by atoms with E-state index in [2.05, 4.69) is 35.2 Å². The summed E-state index contributed by atoms with van der Waals surface area (Å²) < 4.78 is 0. The van der Waals surface area contributed by atoms with Crippen molar-refractivity contribution in [1.82, 2.24) is 9.88 Å². The molecule has 2 heterocycles. The molecule has 0 saturated carbocycles. The van der Waals surface area contributed by atoms with Crippen molar-refractivity contribution >= 4 is 5.82 Å². The first-order valence-corrected chi connectivity index (χ1v) is 6.00. The zero-order valence-electron chi connectivity index (χ0n) is 10.3. The van der Waals surface area contributed by atoms with Crippen LogP contribution in [0.15, 0.2) is 18.3 Å². The van der Waals surface area contributed by atoms with Gasteiger partial charge in [-0.3, -0.25) is 0 Å². The number of nitrogens with one attached hydrogen (secondary N) is 1. The molecule has 2 atom stereocenters. The Kier molecular flexibility index (Phi) is 3.60. The maximum atomic E-state index is 8.84. The Hall–Kier alpha value is -1.60. The van der Waals surface area contributed by atoms with Gasteiger partial charge in [-0.05, 0) is 38.1 Å². The van der Waals surface area contributed by atoms with E-state index in [1.165, 1.54) is 0 Å².